The third-order valence-electron chi connectivity index (χ3n) is 3.04. The van der Waals surface area contributed by atoms with E-state index in [0.717, 1.165) is 6.42 Å². The smallest absolute Gasteiger partial charge is 0.115 e. The summed E-state index contributed by atoms with van der Waals surface area (Å²) in [6.45, 7) is 4.33. The zero-order valence-electron chi connectivity index (χ0n) is 8.70. The van der Waals surface area contributed by atoms with Gasteiger partial charge in [-0.05, 0) is 42.5 Å². The van der Waals surface area contributed by atoms with E-state index in [1.807, 2.05) is 6.07 Å². The van der Waals surface area contributed by atoms with E-state index >= 15 is 0 Å². The average Bonchev–Trinajstić information content (AvgIpc) is 2.43. The second-order valence-electron chi connectivity index (χ2n) is 4.12. The average molecular weight is 188 g/mol. The van der Waals surface area contributed by atoms with Crippen molar-refractivity contribution in [3.63, 3.8) is 0 Å². The molecular formula is C13H16O. The van der Waals surface area contributed by atoms with Gasteiger partial charge in [-0.1, -0.05) is 25.1 Å². The van der Waals surface area contributed by atoms with Crippen LogP contribution in [0.3, 0.4) is 0 Å². The van der Waals surface area contributed by atoms with Gasteiger partial charge in [0.2, 0.25) is 0 Å². The third-order valence-corrected chi connectivity index (χ3v) is 3.04. The summed E-state index contributed by atoms with van der Waals surface area (Å²) in [6, 6.07) is 5.74. The fraction of sp³-hybridized carbons (Fsp3) is 0.385. The maximum absolute atomic E-state index is 9.38. The van der Waals surface area contributed by atoms with Crippen LogP contribution in [0, 0.1) is 5.92 Å². The lowest BCUT2D eigenvalue weighted by molar-refractivity contribution is 0.474. The first kappa shape index (κ1) is 9.32. The fourth-order valence-corrected chi connectivity index (χ4v) is 2.38. The Morgan fingerprint density at radius 1 is 1.43 bits per heavy atom. The number of benzene rings is 1. The Labute approximate surface area is 85.1 Å². The summed E-state index contributed by atoms with van der Waals surface area (Å²) in [4.78, 5) is 0. The minimum atomic E-state index is 0.386. The highest BCUT2D eigenvalue weighted by Gasteiger charge is 2.27. The van der Waals surface area contributed by atoms with Gasteiger partial charge in [0.05, 0.1) is 0 Å². The van der Waals surface area contributed by atoms with Crippen LogP contribution >= 0.6 is 0 Å². The molecule has 0 saturated carbocycles. The zero-order valence-corrected chi connectivity index (χ0v) is 8.70. The fourth-order valence-electron chi connectivity index (χ4n) is 2.38. The van der Waals surface area contributed by atoms with Crippen LogP contribution in [-0.4, -0.2) is 5.11 Å². The SMILES string of the molecule is C/C=C/[C@H]1c2ccc(O)cc2C[C@@H]1C. The minimum Gasteiger partial charge on any atom is -0.508 e. The maximum atomic E-state index is 9.38. The van der Waals surface area contributed by atoms with E-state index in [0.29, 0.717) is 17.6 Å². The predicted octanol–water partition coefficient (Wildman–Crippen LogP) is 3.24. The van der Waals surface area contributed by atoms with Crippen LogP contribution in [0.4, 0.5) is 0 Å². The van der Waals surface area contributed by atoms with Crippen LogP contribution in [0.25, 0.3) is 0 Å². The second kappa shape index (κ2) is 3.49. The van der Waals surface area contributed by atoms with Gasteiger partial charge < -0.3 is 5.11 Å². The van der Waals surface area contributed by atoms with Crippen molar-refractivity contribution in [3.05, 3.63) is 41.5 Å². The van der Waals surface area contributed by atoms with Crippen molar-refractivity contribution in [2.45, 2.75) is 26.2 Å². The van der Waals surface area contributed by atoms with Gasteiger partial charge in [0, 0.05) is 5.92 Å². The van der Waals surface area contributed by atoms with Crippen LogP contribution in [0.1, 0.15) is 30.9 Å². The molecule has 1 N–H and O–H groups in total. The van der Waals surface area contributed by atoms with E-state index in [4.69, 9.17) is 0 Å². The zero-order chi connectivity index (χ0) is 10.1. The Morgan fingerprint density at radius 3 is 2.93 bits per heavy atom. The van der Waals surface area contributed by atoms with Crippen molar-refractivity contribution in [2.75, 3.05) is 0 Å². The van der Waals surface area contributed by atoms with Gasteiger partial charge in [0.15, 0.2) is 0 Å². The molecule has 0 spiro atoms. The Kier molecular flexibility index (Phi) is 2.32. The molecule has 2 atom stereocenters. The lowest BCUT2D eigenvalue weighted by atomic mass is 9.94. The van der Waals surface area contributed by atoms with E-state index in [9.17, 15) is 5.11 Å². The van der Waals surface area contributed by atoms with Crippen molar-refractivity contribution in [1.82, 2.24) is 0 Å². The van der Waals surface area contributed by atoms with E-state index in [1.165, 1.54) is 11.1 Å². The first-order valence-electron chi connectivity index (χ1n) is 5.17. The Balaban J connectivity index is 2.42. The number of phenolic OH excluding ortho intramolecular Hbond substituents is 1. The Hall–Kier alpha value is -1.24. The summed E-state index contributed by atoms with van der Waals surface area (Å²) < 4.78 is 0. The number of phenols is 1. The minimum absolute atomic E-state index is 0.386. The summed E-state index contributed by atoms with van der Waals surface area (Å²) in [5.41, 5.74) is 2.69. The molecule has 1 aliphatic carbocycles. The summed E-state index contributed by atoms with van der Waals surface area (Å²) in [6.07, 6.45) is 5.45. The highest BCUT2D eigenvalue weighted by Crippen LogP contribution is 2.39. The quantitative estimate of drug-likeness (QED) is 0.671. The highest BCUT2D eigenvalue weighted by molar-refractivity contribution is 5.43. The van der Waals surface area contributed by atoms with Gasteiger partial charge in [-0.15, -0.1) is 0 Å². The predicted molar refractivity (Wildman–Crippen MR) is 58.5 cm³/mol. The molecule has 1 aliphatic rings. The largest absolute Gasteiger partial charge is 0.508 e. The Bertz CT molecular complexity index is 365. The molecule has 1 aromatic carbocycles. The number of hydrogen-bond acceptors (Lipinski definition) is 1. The van der Waals surface area contributed by atoms with Gasteiger partial charge in [0.1, 0.15) is 5.75 Å². The van der Waals surface area contributed by atoms with Gasteiger partial charge in [0.25, 0.3) is 0 Å². The Morgan fingerprint density at radius 2 is 2.21 bits per heavy atom. The van der Waals surface area contributed by atoms with Crippen molar-refractivity contribution < 1.29 is 5.11 Å². The highest BCUT2D eigenvalue weighted by atomic mass is 16.3. The van der Waals surface area contributed by atoms with Crippen molar-refractivity contribution >= 4 is 0 Å². The van der Waals surface area contributed by atoms with Crippen LogP contribution in [0.15, 0.2) is 30.4 Å². The topological polar surface area (TPSA) is 20.2 Å². The van der Waals surface area contributed by atoms with E-state index in [-0.39, 0.29) is 0 Å². The van der Waals surface area contributed by atoms with E-state index in [2.05, 4.69) is 32.1 Å². The summed E-state index contributed by atoms with van der Waals surface area (Å²) in [7, 11) is 0. The van der Waals surface area contributed by atoms with Crippen LogP contribution < -0.4 is 0 Å². The lowest BCUT2D eigenvalue weighted by Gasteiger charge is -2.11. The first-order valence-corrected chi connectivity index (χ1v) is 5.17. The number of hydrogen-bond donors (Lipinski definition) is 1. The van der Waals surface area contributed by atoms with Crippen molar-refractivity contribution in [1.29, 1.82) is 0 Å². The molecule has 0 bridgehead atoms. The van der Waals surface area contributed by atoms with Crippen LogP contribution in [0.5, 0.6) is 5.75 Å². The molecule has 14 heavy (non-hydrogen) atoms. The maximum Gasteiger partial charge on any atom is 0.115 e. The van der Waals surface area contributed by atoms with Crippen molar-refractivity contribution in [2.24, 2.45) is 5.92 Å². The van der Waals surface area contributed by atoms with Gasteiger partial charge in [-0.25, -0.2) is 0 Å². The monoisotopic (exact) mass is 188 g/mol. The molecule has 0 aromatic heterocycles. The molecule has 1 aromatic rings. The molecule has 0 heterocycles. The van der Waals surface area contributed by atoms with Gasteiger partial charge in [-0.2, -0.15) is 0 Å². The van der Waals surface area contributed by atoms with Crippen LogP contribution in [-0.2, 0) is 6.42 Å². The van der Waals surface area contributed by atoms with Gasteiger partial charge >= 0.3 is 0 Å². The molecule has 2 rings (SSSR count). The first-order chi connectivity index (χ1) is 6.72. The van der Waals surface area contributed by atoms with Crippen molar-refractivity contribution in [3.8, 4) is 5.75 Å². The summed E-state index contributed by atoms with van der Waals surface area (Å²) in [5, 5.41) is 9.38. The second-order valence-corrected chi connectivity index (χ2v) is 4.12. The summed E-state index contributed by atoms with van der Waals surface area (Å²) in [5.74, 6) is 1.58. The van der Waals surface area contributed by atoms with E-state index in [1.54, 1.807) is 6.07 Å². The third kappa shape index (κ3) is 1.43. The lowest BCUT2D eigenvalue weighted by Crippen LogP contribution is -1.99. The molecule has 0 saturated heterocycles. The number of fused-ring (bicyclic) bond motifs is 1. The molecule has 0 radical (unpaired) electrons. The van der Waals surface area contributed by atoms with Gasteiger partial charge in [-0.3, -0.25) is 0 Å². The molecule has 1 nitrogen and oxygen atoms in total. The van der Waals surface area contributed by atoms with E-state index < -0.39 is 0 Å². The standard InChI is InChI=1S/C13H16O/c1-3-4-12-9(2)7-10-8-11(14)5-6-13(10)12/h3-6,8-9,12,14H,7H2,1-2H3/b4-3+/t9-,12+/m0/s1. The number of aromatic hydroxyl groups is 1. The molecule has 0 unspecified atom stereocenters. The van der Waals surface area contributed by atoms with Crippen LogP contribution in [0.2, 0.25) is 0 Å². The molecule has 0 amide bonds. The number of rotatable bonds is 1. The number of allylic oxidation sites excluding steroid dienone is 2. The molecule has 74 valence electrons. The molecular weight excluding hydrogens is 172 g/mol. The summed E-state index contributed by atoms with van der Waals surface area (Å²) >= 11 is 0. The molecule has 0 aliphatic heterocycles. The molecule has 1 heteroatoms. The molecule has 0 fully saturated rings. The normalized spacial score (nSPS) is 25.6.